The predicted molar refractivity (Wildman–Crippen MR) is 120 cm³/mol. The lowest BCUT2D eigenvalue weighted by atomic mass is 10.2. The van der Waals surface area contributed by atoms with Crippen molar-refractivity contribution in [1.29, 1.82) is 0 Å². The van der Waals surface area contributed by atoms with E-state index in [1.54, 1.807) is 7.11 Å². The van der Waals surface area contributed by atoms with Gasteiger partial charge in [-0.25, -0.2) is 0 Å². The second-order valence-corrected chi connectivity index (χ2v) is 7.64. The number of nitrogens with one attached hydrogen (secondary N) is 1. The summed E-state index contributed by atoms with van der Waals surface area (Å²) in [5, 5.41) is 13.5. The zero-order valence-electron chi connectivity index (χ0n) is 17.6. The van der Waals surface area contributed by atoms with Gasteiger partial charge in [-0.05, 0) is 42.3 Å². The zero-order chi connectivity index (χ0) is 20.5. The van der Waals surface area contributed by atoms with E-state index in [2.05, 4.69) is 58.5 Å². The fourth-order valence-corrected chi connectivity index (χ4v) is 3.55. The van der Waals surface area contributed by atoms with Gasteiger partial charge in [-0.3, -0.25) is 4.90 Å². The number of anilines is 1. The molecule has 2 N–H and O–H groups in total. The van der Waals surface area contributed by atoms with E-state index in [0.717, 1.165) is 57.1 Å². The van der Waals surface area contributed by atoms with Crippen LogP contribution in [0.3, 0.4) is 0 Å². The van der Waals surface area contributed by atoms with Gasteiger partial charge >= 0.3 is 0 Å². The summed E-state index contributed by atoms with van der Waals surface area (Å²) in [5.74, 6) is 0.887. The van der Waals surface area contributed by atoms with E-state index in [1.165, 1.54) is 11.1 Å². The summed E-state index contributed by atoms with van der Waals surface area (Å²) in [6.45, 7) is 8.17. The summed E-state index contributed by atoms with van der Waals surface area (Å²) in [4.78, 5) is 4.91. The minimum Gasteiger partial charge on any atom is -0.497 e. The topological polar surface area (TPSA) is 48.0 Å². The number of hydrogen-bond acceptors (Lipinski definition) is 5. The quantitative estimate of drug-likeness (QED) is 0.637. The van der Waals surface area contributed by atoms with Gasteiger partial charge in [-0.15, -0.1) is 0 Å². The molecular weight excluding hydrogens is 362 g/mol. The number of hydrogen-bond donors (Lipinski definition) is 2. The highest BCUT2D eigenvalue weighted by molar-refractivity contribution is 5.50. The first-order valence-corrected chi connectivity index (χ1v) is 10.4. The lowest BCUT2D eigenvalue weighted by molar-refractivity contribution is 0.117. The van der Waals surface area contributed by atoms with Crippen molar-refractivity contribution in [3.05, 3.63) is 65.7 Å². The first kappa shape index (κ1) is 21.4. The van der Waals surface area contributed by atoms with E-state index in [9.17, 15) is 5.11 Å². The molecule has 0 bridgehead atoms. The molecule has 1 aliphatic heterocycles. The van der Waals surface area contributed by atoms with Crippen LogP contribution in [0.25, 0.3) is 6.08 Å². The average Bonchev–Trinajstić information content (AvgIpc) is 2.74. The van der Waals surface area contributed by atoms with Gasteiger partial charge in [-0.2, -0.15) is 0 Å². The summed E-state index contributed by atoms with van der Waals surface area (Å²) < 4.78 is 5.19. The average molecular weight is 396 g/mol. The summed E-state index contributed by atoms with van der Waals surface area (Å²) in [7, 11) is 1.69. The first-order chi connectivity index (χ1) is 14.1. The molecule has 1 saturated heterocycles. The molecule has 3 rings (SSSR count). The number of methoxy groups -OCH3 is 1. The highest BCUT2D eigenvalue weighted by atomic mass is 16.5. The van der Waals surface area contributed by atoms with Gasteiger partial charge in [0.1, 0.15) is 12.0 Å². The summed E-state index contributed by atoms with van der Waals surface area (Å²) in [6, 6.07) is 16.2. The number of aryl methyl sites for hydroxylation is 1. The third-order valence-electron chi connectivity index (χ3n) is 5.32. The van der Waals surface area contributed by atoms with E-state index in [-0.39, 0.29) is 0 Å². The largest absolute Gasteiger partial charge is 0.497 e. The summed E-state index contributed by atoms with van der Waals surface area (Å²) >= 11 is 0. The molecule has 0 radical (unpaired) electrons. The molecule has 5 heteroatoms. The van der Waals surface area contributed by atoms with Crippen molar-refractivity contribution in [3.8, 4) is 5.75 Å². The van der Waals surface area contributed by atoms with Crippen molar-refractivity contribution in [1.82, 2.24) is 9.80 Å². The van der Waals surface area contributed by atoms with Gasteiger partial charge in [-0.1, -0.05) is 36.4 Å². The Kier molecular flexibility index (Phi) is 8.11. The fraction of sp³-hybridized carbons (Fsp3) is 0.417. The molecule has 1 atom stereocenters. The molecule has 29 heavy (non-hydrogen) atoms. The maximum absolute atomic E-state index is 10.3. The van der Waals surface area contributed by atoms with Crippen molar-refractivity contribution in [2.45, 2.75) is 19.6 Å². The Morgan fingerprint density at radius 2 is 1.79 bits per heavy atom. The minimum atomic E-state index is -0.512. The second-order valence-electron chi connectivity index (χ2n) is 7.64. The van der Waals surface area contributed by atoms with E-state index < -0.39 is 6.23 Å². The monoisotopic (exact) mass is 395 g/mol. The SMILES string of the molecule is COc1ccc(/C=C/CN2CCN(CCC(O)Nc3cccc(C)c3)CC2)cc1. The van der Waals surface area contributed by atoms with Crippen molar-refractivity contribution in [2.24, 2.45) is 0 Å². The number of aliphatic hydroxyl groups is 1. The molecule has 1 heterocycles. The highest BCUT2D eigenvalue weighted by Gasteiger charge is 2.16. The highest BCUT2D eigenvalue weighted by Crippen LogP contribution is 2.13. The van der Waals surface area contributed by atoms with Crippen LogP contribution >= 0.6 is 0 Å². The van der Waals surface area contributed by atoms with Crippen LogP contribution in [0.4, 0.5) is 5.69 Å². The fourth-order valence-electron chi connectivity index (χ4n) is 3.55. The summed E-state index contributed by atoms with van der Waals surface area (Å²) in [5.41, 5.74) is 3.37. The van der Waals surface area contributed by atoms with Crippen LogP contribution < -0.4 is 10.1 Å². The molecule has 0 aromatic heterocycles. The van der Waals surface area contributed by atoms with Gasteiger partial charge in [0.25, 0.3) is 0 Å². The molecule has 0 spiro atoms. The Balaban J connectivity index is 1.33. The van der Waals surface area contributed by atoms with Gasteiger partial charge in [0, 0.05) is 51.4 Å². The number of piperazine rings is 1. The van der Waals surface area contributed by atoms with E-state index in [1.807, 2.05) is 24.3 Å². The molecular formula is C24H33N3O2. The van der Waals surface area contributed by atoms with Gasteiger partial charge in [0.2, 0.25) is 0 Å². The molecule has 0 aliphatic carbocycles. The van der Waals surface area contributed by atoms with Crippen LogP contribution in [0.2, 0.25) is 0 Å². The molecule has 1 aliphatic rings. The Bertz CT molecular complexity index is 768. The molecule has 5 nitrogen and oxygen atoms in total. The first-order valence-electron chi connectivity index (χ1n) is 10.4. The van der Waals surface area contributed by atoms with Gasteiger partial charge in [0.05, 0.1) is 7.11 Å². The standard InChI is InChI=1S/C24H33N3O2/c1-20-5-3-7-22(19-20)25-24(28)12-14-27-17-15-26(16-18-27)13-4-6-21-8-10-23(29-2)11-9-21/h3-11,19,24-25,28H,12-18H2,1-2H3/b6-4+. The third-order valence-corrected chi connectivity index (χ3v) is 5.32. The smallest absolute Gasteiger partial charge is 0.125 e. The van der Waals surface area contributed by atoms with Crippen LogP contribution in [0.1, 0.15) is 17.5 Å². The van der Waals surface area contributed by atoms with Crippen LogP contribution in [0.5, 0.6) is 5.75 Å². The normalized spacial score (nSPS) is 16.8. The van der Waals surface area contributed by atoms with Crippen molar-refractivity contribution in [2.75, 3.05) is 51.7 Å². The lowest BCUT2D eigenvalue weighted by Crippen LogP contribution is -2.47. The third kappa shape index (κ3) is 7.20. The van der Waals surface area contributed by atoms with Crippen LogP contribution in [0.15, 0.2) is 54.6 Å². The number of nitrogens with zero attached hydrogens (tertiary/aromatic N) is 2. The Morgan fingerprint density at radius 3 is 2.48 bits per heavy atom. The molecule has 0 amide bonds. The predicted octanol–water partition coefficient (Wildman–Crippen LogP) is 3.46. The molecule has 2 aromatic carbocycles. The number of rotatable bonds is 9. The Hall–Kier alpha value is -2.34. The van der Waals surface area contributed by atoms with Crippen LogP contribution in [-0.2, 0) is 0 Å². The van der Waals surface area contributed by atoms with Gasteiger partial charge in [0.15, 0.2) is 0 Å². The van der Waals surface area contributed by atoms with Crippen LogP contribution in [0, 0.1) is 6.92 Å². The lowest BCUT2D eigenvalue weighted by Gasteiger charge is -2.34. The van der Waals surface area contributed by atoms with E-state index >= 15 is 0 Å². The molecule has 0 saturated carbocycles. The Labute approximate surface area is 174 Å². The molecule has 156 valence electrons. The maximum atomic E-state index is 10.3. The van der Waals surface area contributed by atoms with Crippen molar-refractivity contribution in [3.63, 3.8) is 0 Å². The second kappa shape index (κ2) is 11.0. The molecule has 1 unspecified atom stereocenters. The zero-order valence-corrected chi connectivity index (χ0v) is 17.6. The number of aliphatic hydroxyl groups excluding tert-OH is 1. The summed E-state index contributed by atoms with van der Waals surface area (Å²) in [6.07, 6.45) is 4.61. The van der Waals surface area contributed by atoms with E-state index in [4.69, 9.17) is 4.74 Å². The van der Waals surface area contributed by atoms with Crippen molar-refractivity contribution < 1.29 is 9.84 Å². The Morgan fingerprint density at radius 1 is 1.07 bits per heavy atom. The number of ether oxygens (including phenoxy) is 1. The van der Waals surface area contributed by atoms with Crippen molar-refractivity contribution >= 4 is 11.8 Å². The van der Waals surface area contributed by atoms with Crippen LogP contribution in [-0.4, -0.2) is 67.5 Å². The number of benzene rings is 2. The molecule has 1 fully saturated rings. The van der Waals surface area contributed by atoms with Gasteiger partial charge < -0.3 is 20.1 Å². The maximum Gasteiger partial charge on any atom is 0.125 e. The molecule has 2 aromatic rings. The minimum absolute atomic E-state index is 0.512. The van der Waals surface area contributed by atoms with E-state index in [0.29, 0.717) is 0 Å².